The molecule has 1 aliphatic rings. The summed E-state index contributed by atoms with van der Waals surface area (Å²) in [5.74, 6) is 0.888. The second-order valence-electron chi connectivity index (χ2n) is 7.74. The second-order valence-corrected chi connectivity index (χ2v) is 7.74. The smallest absolute Gasteiger partial charge is 0.272 e. The van der Waals surface area contributed by atoms with Gasteiger partial charge in [0.2, 0.25) is 0 Å². The van der Waals surface area contributed by atoms with Crippen molar-refractivity contribution in [2.24, 2.45) is 0 Å². The molecule has 29 heavy (non-hydrogen) atoms. The molecule has 2 amide bonds. The molecule has 0 aliphatic carbocycles. The SMILES string of the molecule is CC(Oc1ccccc1C(C)C)C(=O)NC1CCN(C(=O)c2ccccn2)CC1. The molecular formula is C23H29N3O3. The van der Waals surface area contributed by atoms with E-state index >= 15 is 0 Å². The van der Waals surface area contributed by atoms with E-state index in [2.05, 4.69) is 24.1 Å². The van der Waals surface area contributed by atoms with Crippen molar-refractivity contribution in [3.63, 3.8) is 0 Å². The van der Waals surface area contributed by atoms with Crippen LogP contribution in [0.2, 0.25) is 0 Å². The Morgan fingerprint density at radius 1 is 1.07 bits per heavy atom. The van der Waals surface area contributed by atoms with Crippen molar-refractivity contribution >= 4 is 11.8 Å². The van der Waals surface area contributed by atoms with Gasteiger partial charge in [0, 0.05) is 25.3 Å². The van der Waals surface area contributed by atoms with E-state index in [1.165, 1.54) is 0 Å². The number of piperidine rings is 1. The molecule has 0 saturated carbocycles. The molecule has 1 aromatic carbocycles. The molecule has 154 valence electrons. The number of para-hydroxylation sites is 1. The van der Waals surface area contributed by atoms with Gasteiger partial charge >= 0.3 is 0 Å². The molecule has 0 radical (unpaired) electrons. The lowest BCUT2D eigenvalue weighted by Gasteiger charge is -2.32. The number of benzene rings is 1. The Hall–Kier alpha value is -2.89. The number of aromatic nitrogens is 1. The Labute approximate surface area is 172 Å². The van der Waals surface area contributed by atoms with E-state index < -0.39 is 6.10 Å². The minimum Gasteiger partial charge on any atom is -0.481 e. The lowest BCUT2D eigenvalue weighted by molar-refractivity contribution is -0.128. The van der Waals surface area contributed by atoms with Crippen molar-refractivity contribution in [3.05, 3.63) is 59.9 Å². The number of hydrogen-bond donors (Lipinski definition) is 1. The Morgan fingerprint density at radius 2 is 1.76 bits per heavy atom. The normalized spacial score (nSPS) is 15.8. The van der Waals surface area contributed by atoms with Crippen LogP contribution in [0, 0.1) is 0 Å². The molecule has 6 nitrogen and oxygen atoms in total. The first-order valence-electron chi connectivity index (χ1n) is 10.2. The van der Waals surface area contributed by atoms with Crippen molar-refractivity contribution in [2.45, 2.75) is 51.7 Å². The number of carbonyl (C=O) groups is 2. The Kier molecular flexibility index (Phi) is 6.86. The summed E-state index contributed by atoms with van der Waals surface area (Å²) in [4.78, 5) is 31.0. The van der Waals surface area contributed by atoms with E-state index in [-0.39, 0.29) is 17.9 Å². The Balaban J connectivity index is 1.50. The highest BCUT2D eigenvalue weighted by molar-refractivity contribution is 5.92. The summed E-state index contributed by atoms with van der Waals surface area (Å²) in [5, 5.41) is 3.07. The standard InChI is InChI=1S/C23H29N3O3/c1-16(2)19-8-4-5-10-21(19)29-17(3)22(27)25-18-11-14-26(15-12-18)23(28)20-9-6-7-13-24-20/h4-10,13,16-18H,11-12,14-15H2,1-3H3,(H,25,27). The summed E-state index contributed by atoms with van der Waals surface area (Å²) < 4.78 is 5.94. The van der Waals surface area contributed by atoms with Gasteiger partial charge in [0.1, 0.15) is 11.4 Å². The largest absolute Gasteiger partial charge is 0.481 e. The first-order chi connectivity index (χ1) is 14.0. The van der Waals surface area contributed by atoms with E-state index in [1.807, 2.05) is 30.3 Å². The van der Waals surface area contributed by atoms with Crippen LogP contribution in [0.15, 0.2) is 48.7 Å². The van der Waals surface area contributed by atoms with Crippen LogP contribution in [-0.2, 0) is 4.79 Å². The second kappa shape index (κ2) is 9.54. The molecule has 1 N–H and O–H groups in total. The van der Waals surface area contributed by atoms with E-state index in [0.717, 1.165) is 24.2 Å². The van der Waals surface area contributed by atoms with Crippen LogP contribution in [-0.4, -0.2) is 46.9 Å². The summed E-state index contributed by atoms with van der Waals surface area (Å²) in [6.45, 7) is 7.18. The molecule has 1 unspecified atom stereocenters. The van der Waals surface area contributed by atoms with E-state index in [1.54, 1.807) is 30.2 Å². The van der Waals surface area contributed by atoms with Crippen LogP contribution >= 0.6 is 0 Å². The first-order valence-corrected chi connectivity index (χ1v) is 10.2. The van der Waals surface area contributed by atoms with Gasteiger partial charge in [0.25, 0.3) is 11.8 Å². The van der Waals surface area contributed by atoms with Gasteiger partial charge in [0.05, 0.1) is 0 Å². The lowest BCUT2D eigenvalue weighted by Crippen LogP contribution is -2.49. The third-order valence-electron chi connectivity index (χ3n) is 5.23. The highest BCUT2D eigenvalue weighted by Crippen LogP contribution is 2.26. The molecule has 0 bridgehead atoms. The number of carbonyl (C=O) groups excluding carboxylic acids is 2. The molecule has 1 atom stereocenters. The molecule has 1 fully saturated rings. The molecule has 2 heterocycles. The molecule has 1 aliphatic heterocycles. The molecule has 2 aromatic rings. The molecule has 6 heteroatoms. The topological polar surface area (TPSA) is 71.5 Å². The summed E-state index contributed by atoms with van der Waals surface area (Å²) in [7, 11) is 0. The van der Waals surface area contributed by atoms with E-state index in [4.69, 9.17) is 4.74 Å². The number of pyridine rings is 1. The van der Waals surface area contributed by atoms with Gasteiger partial charge in [-0.3, -0.25) is 14.6 Å². The maximum Gasteiger partial charge on any atom is 0.272 e. The van der Waals surface area contributed by atoms with Crippen LogP contribution in [0.5, 0.6) is 5.75 Å². The zero-order valence-corrected chi connectivity index (χ0v) is 17.3. The van der Waals surface area contributed by atoms with Crippen molar-refractivity contribution in [1.29, 1.82) is 0 Å². The van der Waals surface area contributed by atoms with Crippen molar-refractivity contribution in [2.75, 3.05) is 13.1 Å². The van der Waals surface area contributed by atoms with E-state index in [9.17, 15) is 9.59 Å². The molecule has 1 aromatic heterocycles. The number of amides is 2. The van der Waals surface area contributed by atoms with Gasteiger partial charge in [-0.25, -0.2) is 0 Å². The molecule has 3 rings (SSSR count). The molecular weight excluding hydrogens is 366 g/mol. The summed E-state index contributed by atoms with van der Waals surface area (Å²) in [5.41, 5.74) is 1.55. The maximum atomic E-state index is 12.6. The number of hydrogen-bond acceptors (Lipinski definition) is 4. The predicted octanol–water partition coefficient (Wildman–Crippen LogP) is 3.39. The fourth-order valence-corrected chi connectivity index (χ4v) is 3.51. The minimum atomic E-state index is -0.580. The monoisotopic (exact) mass is 395 g/mol. The number of likely N-dealkylation sites (tertiary alicyclic amines) is 1. The third kappa shape index (κ3) is 5.34. The molecule has 0 spiro atoms. The minimum absolute atomic E-state index is 0.0432. The van der Waals surface area contributed by atoms with Crippen molar-refractivity contribution in [3.8, 4) is 5.75 Å². The number of ether oxygens (including phenoxy) is 1. The number of nitrogens with one attached hydrogen (secondary N) is 1. The van der Waals surface area contributed by atoms with Gasteiger partial charge < -0.3 is 15.0 Å². The zero-order chi connectivity index (χ0) is 20.8. The van der Waals surface area contributed by atoms with Crippen LogP contribution < -0.4 is 10.1 Å². The lowest BCUT2D eigenvalue weighted by atomic mass is 10.0. The molecule has 1 saturated heterocycles. The quantitative estimate of drug-likeness (QED) is 0.814. The Morgan fingerprint density at radius 3 is 2.41 bits per heavy atom. The van der Waals surface area contributed by atoms with Crippen molar-refractivity contribution < 1.29 is 14.3 Å². The average Bonchev–Trinajstić information content (AvgIpc) is 2.74. The average molecular weight is 396 g/mol. The van der Waals surface area contributed by atoms with Crippen LogP contribution in [0.3, 0.4) is 0 Å². The van der Waals surface area contributed by atoms with Gasteiger partial charge in [-0.05, 0) is 49.4 Å². The van der Waals surface area contributed by atoms with Gasteiger partial charge in [-0.2, -0.15) is 0 Å². The summed E-state index contributed by atoms with van der Waals surface area (Å²) in [6, 6.07) is 13.2. The van der Waals surface area contributed by atoms with Gasteiger partial charge in [0.15, 0.2) is 6.10 Å². The Bertz CT molecular complexity index is 830. The predicted molar refractivity (Wildman–Crippen MR) is 112 cm³/mol. The van der Waals surface area contributed by atoms with Gasteiger partial charge in [-0.1, -0.05) is 38.1 Å². The fraction of sp³-hybridized carbons (Fsp3) is 0.435. The highest BCUT2D eigenvalue weighted by atomic mass is 16.5. The summed E-state index contributed by atoms with van der Waals surface area (Å²) >= 11 is 0. The highest BCUT2D eigenvalue weighted by Gasteiger charge is 2.27. The van der Waals surface area contributed by atoms with Gasteiger partial charge in [-0.15, -0.1) is 0 Å². The number of nitrogens with zero attached hydrogens (tertiary/aromatic N) is 2. The zero-order valence-electron chi connectivity index (χ0n) is 17.3. The van der Waals surface area contributed by atoms with Crippen LogP contribution in [0.4, 0.5) is 0 Å². The first kappa shape index (κ1) is 20.8. The fourth-order valence-electron chi connectivity index (χ4n) is 3.51. The summed E-state index contributed by atoms with van der Waals surface area (Å²) in [6.07, 6.45) is 2.49. The number of rotatable bonds is 6. The maximum absolute atomic E-state index is 12.6. The van der Waals surface area contributed by atoms with Crippen molar-refractivity contribution in [1.82, 2.24) is 15.2 Å². The van der Waals surface area contributed by atoms with E-state index in [0.29, 0.717) is 24.7 Å². The van der Waals surface area contributed by atoms with Crippen LogP contribution in [0.25, 0.3) is 0 Å². The van der Waals surface area contributed by atoms with Crippen LogP contribution in [0.1, 0.15) is 55.6 Å². The third-order valence-corrected chi connectivity index (χ3v) is 5.23.